The number of thiocarbonyl (C=S) groups is 1. The maximum atomic E-state index is 11.5. The van der Waals surface area contributed by atoms with E-state index in [4.69, 9.17) is 35.4 Å². The number of amides is 1. The predicted molar refractivity (Wildman–Crippen MR) is 154 cm³/mol. The average Bonchev–Trinajstić information content (AvgIpc) is 3.37. The van der Waals surface area contributed by atoms with E-state index in [1.165, 1.54) is 6.92 Å². The quantitative estimate of drug-likeness (QED) is 0.264. The lowest BCUT2D eigenvalue weighted by Gasteiger charge is -2.28. The molecule has 2 N–H and O–H groups in total. The zero-order valence-corrected chi connectivity index (χ0v) is 22.8. The summed E-state index contributed by atoms with van der Waals surface area (Å²) in [6.45, 7) is 5.62. The zero-order valence-electron chi connectivity index (χ0n) is 20.5. The van der Waals surface area contributed by atoms with Crippen molar-refractivity contribution in [2.24, 2.45) is 0 Å². The first-order valence-electron chi connectivity index (χ1n) is 11.8. The smallest absolute Gasteiger partial charge is 0.221 e. The lowest BCUT2D eigenvalue weighted by Crippen LogP contribution is -2.29. The number of carbonyl (C=O) groups is 1. The Morgan fingerprint density at radius 2 is 1.81 bits per heavy atom. The van der Waals surface area contributed by atoms with Crippen LogP contribution in [0.5, 0.6) is 0 Å². The molecule has 9 heteroatoms. The summed E-state index contributed by atoms with van der Waals surface area (Å²) in [5, 5.41) is 7.92. The molecule has 0 bridgehead atoms. The van der Waals surface area contributed by atoms with E-state index in [0.29, 0.717) is 15.2 Å². The summed E-state index contributed by atoms with van der Waals surface area (Å²) in [7, 11) is 0. The molecule has 2 aromatic carbocycles. The van der Waals surface area contributed by atoms with E-state index in [2.05, 4.69) is 45.0 Å². The van der Waals surface area contributed by atoms with Crippen LogP contribution in [0.2, 0.25) is 10.0 Å². The van der Waals surface area contributed by atoms with E-state index in [1.54, 1.807) is 12.3 Å². The number of hydrogen-bond donors (Lipinski definition) is 2. The molecule has 5 rings (SSSR count). The van der Waals surface area contributed by atoms with Crippen molar-refractivity contribution < 1.29 is 4.79 Å². The highest BCUT2D eigenvalue weighted by atomic mass is 35.5. The van der Waals surface area contributed by atoms with Gasteiger partial charge in [-0.15, -0.1) is 0 Å². The van der Waals surface area contributed by atoms with Crippen LogP contribution >= 0.6 is 35.4 Å². The number of hydrogen-bond acceptors (Lipinski definition) is 3. The van der Waals surface area contributed by atoms with E-state index in [0.717, 1.165) is 39.7 Å². The van der Waals surface area contributed by atoms with Crippen LogP contribution in [0, 0.1) is 13.8 Å². The molecule has 1 aliphatic rings. The van der Waals surface area contributed by atoms with E-state index >= 15 is 0 Å². The summed E-state index contributed by atoms with van der Waals surface area (Å²) in [6.07, 6.45) is 1.79. The van der Waals surface area contributed by atoms with E-state index in [-0.39, 0.29) is 18.0 Å². The van der Waals surface area contributed by atoms with Crippen LogP contribution in [0.3, 0.4) is 0 Å². The largest absolute Gasteiger partial charge is 0.351 e. The number of benzene rings is 2. The lowest BCUT2D eigenvalue weighted by atomic mass is 9.96. The van der Waals surface area contributed by atoms with Crippen LogP contribution in [0.15, 0.2) is 72.9 Å². The summed E-state index contributed by atoms with van der Waals surface area (Å²) < 4.78 is 2.12. The number of halogens is 2. The van der Waals surface area contributed by atoms with Gasteiger partial charge in [-0.25, -0.2) is 0 Å². The first kappa shape index (κ1) is 25.3. The van der Waals surface area contributed by atoms with Gasteiger partial charge in [-0.3, -0.25) is 9.78 Å². The highest BCUT2D eigenvalue weighted by Gasteiger charge is 2.42. The number of rotatable bonds is 5. The van der Waals surface area contributed by atoms with Gasteiger partial charge < -0.3 is 20.1 Å². The molecule has 1 fully saturated rings. The Balaban J connectivity index is 1.65. The molecule has 37 heavy (non-hydrogen) atoms. The fourth-order valence-electron chi connectivity index (χ4n) is 4.98. The Kier molecular flexibility index (Phi) is 6.94. The molecule has 0 spiro atoms. The first-order chi connectivity index (χ1) is 17.8. The number of anilines is 2. The van der Waals surface area contributed by atoms with Crippen LogP contribution in [-0.4, -0.2) is 20.6 Å². The lowest BCUT2D eigenvalue weighted by molar-refractivity contribution is -0.114. The third-order valence-corrected chi connectivity index (χ3v) is 7.65. The monoisotopic (exact) mass is 549 g/mol. The van der Waals surface area contributed by atoms with Gasteiger partial charge in [0.15, 0.2) is 5.11 Å². The van der Waals surface area contributed by atoms with Crippen LogP contribution in [-0.2, 0) is 4.79 Å². The second-order valence-corrected chi connectivity index (χ2v) is 10.1. The topological polar surface area (TPSA) is 62.2 Å². The van der Waals surface area contributed by atoms with Gasteiger partial charge in [-0.2, -0.15) is 0 Å². The highest BCUT2D eigenvalue weighted by Crippen LogP contribution is 2.44. The number of carbonyl (C=O) groups excluding carboxylic acids is 1. The molecule has 0 saturated carbocycles. The standard InChI is InChI=1S/C28H25Cl2N5OS/c1-16-15-21(17(2)34(16)24-9-6-7-22(29)25(24)30)27-26(23-8-4-5-14-31-23)33-28(37)35(27)20-12-10-19(11-13-20)32-18(3)36/h4-15,26-27H,1-3H3,(H,32,36)(H,33,37)/t26-,27-/m0/s1. The van der Waals surface area contributed by atoms with Gasteiger partial charge >= 0.3 is 0 Å². The van der Waals surface area contributed by atoms with Crippen LogP contribution in [0.25, 0.3) is 5.69 Å². The normalized spacial score (nSPS) is 17.1. The van der Waals surface area contributed by atoms with Crippen molar-refractivity contribution in [2.75, 3.05) is 10.2 Å². The number of aromatic nitrogens is 2. The summed E-state index contributed by atoms with van der Waals surface area (Å²) in [5.41, 5.74) is 6.47. The van der Waals surface area contributed by atoms with Gasteiger partial charge in [0.1, 0.15) is 0 Å². The molecule has 6 nitrogen and oxygen atoms in total. The molecule has 1 amide bonds. The van der Waals surface area contributed by atoms with Crippen molar-refractivity contribution >= 4 is 57.8 Å². The van der Waals surface area contributed by atoms with Gasteiger partial charge in [0, 0.05) is 35.9 Å². The molecule has 3 heterocycles. The minimum absolute atomic E-state index is 0.119. The van der Waals surface area contributed by atoms with Gasteiger partial charge in [-0.05, 0) is 86.2 Å². The number of aryl methyl sites for hydroxylation is 1. The van der Waals surface area contributed by atoms with Crippen molar-refractivity contribution in [2.45, 2.75) is 32.9 Å². The van der Waals surface area contributed by atoms with Gasteiger partial charge in [-0.1, -0.05) is 35.3 Å². The molecule has 0 aliphatic carbocycles. The fourth-order valence-corrected chi connectivity index (χ4v) is 5.71. The third kappa shape index (κ3) is 4.70. The Labute approximate surface area is 231 Å². The summed E-state index contributed by atoms with van der Waals surface area (Å²) in [4.78, 5) is 18.3. The maximum absolute atomic E-state index is 11.5. The van der Waals surface area contributed by atoms with Crippen LogP contribution in [0.4, 0.5) is 11.4 Å². The van der Waals surface area contributed by atoms with E-state index in [9.17, 15) is 4.79 Å². The minimum atomic E-state index is -0.188. The van der Waals surface area contributed by atoms with Crippen molar-refractivity contribution in [3.05, 3.63) is 106 Å². The third-order valence-electron chi connectivity index (χ3n) is 6.52. The van der Waals surface area contributed by atoms with E-state index in [1.807, 2.05) is 54.6 Å². The molecular weight excluding hydrogens is 525 g/mol. The van der Waals surface area contributed by atoms with Crippen molar-refractivity contribution in [3.8, 4) is 5.69 Å². The van der Waals surface area contributed by atoms with Crippen molar-refractivity contribution in [1.82, 2.24) is 14.9 Å². The van der Waals surface area contributed by atoms with Crippen molar-refractivity contribution in [3.63, 3.8) is 0 Å². The zero-order chi connectivity index (χ0) is 26.3. The molecular formula is C28H25Cl2N5OS. The average molecular weight is 551 g/mol. The second-order valence-electron chi connectivity index (χ2n) is 8.96. The fraction of sp³-hybridized carbons (Fsp3) is 0.179. The molecule has 0 unspecified atom stereocenters. The molecule has 1 aliphatic heterocycles. The number of nitrogens with one attached hydrogen (secondary N) is 2. The Morgan fingerprint density at radius 3 is 2.49 bits per heavy atom. The second kappa shape index (κ2) is 10.2. The Hall–Kier alpha value is -3.39. The van der Waals surface area contributed by atoms with E-state index < -0.39 is 0 Å². The van der Waals surface area contributed by atoms with Gasteiger partial charge in [0.05, 0.1) is 33.5 Å². The maximum Gasteiger partial charge on any atom is 0.221 e. The summed E-state index contributed by atoms with van der Waals surface area (Å²) in [5.74, 6) is -0.119. The summed E-state index contributed by atoms with van der Waals surface area (Å²) >= 11 is 18.9. The molecule has 2 atom stereocenters. The first-order valence-corrected chi connectivity index (χ1v) is 12.9. The van der Waals surface area contributed by atoms with Crippen LogP contribution < -0.4 is 15.5 Å². The minimum Gasteiger partial charge on any atom is -0.351 e. The SMILES string of the molecule is CC(=O)Nc1ccc(N2C(=S)N[C@@H](c3ccccn3)[C@@H]2c2cc(C)n(-c3cccc(Cl)c3Cl)c2C)cc1. The Bertz CT molecular complexity index is 1490. The molecule has 4 aromatic rings. The molecule has 2 aromatic heterocycles. The highest BCUT2D eigenvalue weighted by molar-refractivity contribution is 7.80. The molecule has 1 saturated heterocycles. The Morgan fingerprint density at radius 1 is 1.05 bits per heavy atom. The van der Waals surface area contributed by atoms with Crippen LogP contribution in [0.1, 0.15) is 41.7 Å². The van der Waals surface area contributed by atoms with Crippen molar-refractivity contribution in [1.29, 1.82) is 0 Å². The predicted octanol–water partition coefficient (Wildman–Crippen LogP) is 6.93. The van der Waals surface area contributed by atoms with Gasteiger partial charge in [0.2, 0.25) is 5.91 Å². The molecule has 188 valence electrons. The number of nitrogens with zero attached hydrogens (tertiary/aromatic N) is 3. The summed E-state index contributed by atoms with van der Waals surface area (Å²) in [6, 6.07) is 21.0. The molecule has 0 radical (unpaired) electrons. The number of pyridine rings is 1. The van der Waals surface area contributed by atoms with Gasteiger partial charge in [0.25, 0.3) is 0 Å².